The average molecular weight is 325 g/mol. The van der Waals surface area contributed by atoms with E-state index < -0.39 is 0 Å². The van der Waals surface area contributed by atoms with Crippen LogP contribution in [0.2, 0.25) is 0 Å². The minimum atomic E-state index is 0.0447. The topological polar surface area (TPSA) is 26.3 Å². The van der Waals surface area contributed by atoms with Crippen molar-refractivity contribution in [2.45, 2.75) is 123 Å². The van der Waals surface area contributed by atoms with Crippen LogP contribution >= 0.6 is 0 Å². The molecule has 0 radical (unpaired) electrons. The number of hydrogen-bond acceptors (Lipinski definition) is 2. The molecule has 1 atom stereocenters. The van der Waals surface area contributed by atoms with Crippen molar-refractivity contribution >= 4 is 5.97 Å². The summed E-state index contributed by atoms with van der Waals surface area (Å²) < 4.78 is 5.68. The van der Waals surface area contributed by atoms with E-state index in [9.17, 15) is 4.79 Å². The maximum absolute atomic E-state index is 12.0. The quantitative estimate of drug-likeness (QED) is 0.259. The van der Waals surface area contributed by atoms with E-state index in [0.29, 0.717) is 6.42 Å². The van der Waals surface area contributed by atoms with Gasteiger partial charge < -0.3 is 4.74 Å². The third-order valence-corrected chi connectivity index (χ3v) is 5.36. The zero-order valence-electron chi connectivity index (χ0n) is 15.8. The highest BCUT2D eigenvalue weighted by Crippen LogP contribution is 2.28. The lowest BCUT2D eigenvalue weighted by atomic mass is 10.0. The minimum absolute atomic E-state index is 0.0447. The van der Waals surface area contributed by atoms with Crippen LogP contribution < -0.4 is 0 Å². The third-order valence-electron chi connectivity index (χ3n) is 5.36. The van der Waals surface area contributed by atoms with Gasteiger partial charge >= 0.3 is 5.97 Å². The Bertz CT molecular complexity index is 282. The third kappa shape index (κ3) is 10.8. The summed E-state index contributed by atoms with van der Waals surface area (Å²) in [5, 5.41) is 0. The minimum Gasteiger partial charge on any atom is -0.462 e. The summed E-state index contributed by atoms with van der Waals surface area (Å²) in [7, 11) is 0. The van der Waals surface area contributed by atoms with E-state index in [1.165, 1.54) is 77.0 Å². The Labute approximate surface area is 144 Å². The number of carbonyl (C=O) groups excluding carboxylic acids is 1. The van der Waals surface area contributed by atoms with E-state index in [0.717, 1.165) is 25.2 Å². The van der Waals surface area contributed by atoms with E-state index in [2.05, 4.69) is 13.8 Å². The molecule has 0 saturated heterocycles. The van der Waals surface area contributed by atoms with Crippen molar-refractivity contribution in [2.75, 3.05) is 0 Å². The number of carbonyl (C=O) groups is 1. The first-order valence-corrected chi connectivity index (χ1v) is 10.5. The van der Waals surface area contributed by atoms with Gasteiger partial charge in [-0.05, 0) is 31.6 Å². The summed E-state index contributed by atoms with van der Waals surface area (Å²) in [6, 6.07) is 0. The highest BCUT2D eigenvalue weighted by molar-refractivity contribution is 5.69. The molecule has 1 unspecified atom stereocenters. The normalized spacial score (nSPS) is 16.6. The molecule has 1 rings (SSSR count). The standard InChI is InChI=1S/C21H40O2/c1-3-5-6-7-8-9-10-11-16-20(4-2)23-21(22)18-17-19-14-12-13-15-19/h19-20H,3-18H2,1-2H3. The Balaban J connectivity index is 1.98. The van der Waals surface area contributed by atoms with Gasteiger partial charge in [0.15, 0.2) is 0 Å². The van der Waals surface area contributed by atoms with Gasteiger partial charge in [-0.2, -0.15) is 0 Å². The zero-order valence-corrected chi connectivity index (χ0v) is 15.8. The molecule has 136 valence electrons. The predicted octanol–water partition coefficient (Wildman–Crippen LogP) is 6.81. The molecule has 2 heteroatoms. The van der Waals surface area contributed by atoms with Gasteiger partial charge in [-0.25, -0.2) is 0 Å². The lowest BCUT2D eigenvalue weighted by molar-refractivity contribution is -0.150. The molecule has 0 bridgehead atoms. The van der Waals surface area contributed by atoms with Gasteiger partial charge in [-0.1, -0.05) is 84.5 Å². The summed E-state index contributed by atoms with van der Waals surface area (Å²) in [5.74, 6) is 0.832. The average Bonchev–Trinajstić information content (AvgIpc) is 3.07. The Hall–Kier alpha value is -0.530. The first-order chi connectivity index (χ1) is 11.3. The largest absolute Gasteiger partial charge is 0.462 e. The van der Waals surface area contributed by atoms with Crippen molar-refractivity contribution in [1.29, 1.82) is 0 Å². The van der Waals surface area contributed by atoms with Gasteiger partial charge in [0.25, 0.3) is 0 Å². The summed E-state index contributed by atoms with van der Waals surface area (Å²) in [6.07, 6.45) is 19.9. The van der Waals surface area contributed by atoms with Crippen LogP contribution in [0.15, 0.2) is 0 Å². The second-order valence-corrected chi connectivity index (χ2v) is 7.47. The monoisotopic (exact) mass is 324 g/mol. The first kappa shape index (κ1) is 20.5. The number of rotatable bonds is 14. The molecule has 0 N–H and O–H groups in total. The number of unbranched alkanes of at least 4 members (excludes halogenated alkanes) is 7. The predicted molar refractivity (Wildman–Crippen MR) is 98.6 cm³/mol. The number of esters is 1. The molecule has 1 fully saturated rings. The fourth-order valence-corrected chi connectivity index (χ4v) is 3.72. The van der Waals surface area contributed by atoms with Gasteiger partial charge in [0.2, 0.25) is 0 Å². The van der Waals surface area contributed by atoms with Gasteiger partial charge in [-0.3, -0.25) is 4.79 Å². The summed E-state index contributed by atoms with van der Waals surface area (Å²) >= 11 is 0. The maximum atomic E-state index is 12.0. The van der Waals surface area contributed by atoms with Gasteiger partial charge in [0.05, 0.1) is 0 Å². The molecule has 0 aromatic rings. The fraction of sp³-hybridized carbons (Fsp3) is 0.952. The van der Waals surface area contributed by atoms with Crippen molar-refractivity contribution in [3.05, 3.63) is 0 Å². The molecule has 0 aliphatic heterocycles. The number of hydrogen-bond donors (Lipinski definition) is 0. The van der Waals surface area contributed by atoms with E-state index in [1.54, 1.807) is 0 Å². The Morgan fingerprint density at radius 3 is 2.17 bits per heavy atom. The molecule has 1 aliphatic rings. The van der Waals surface area contributed by atoms with E-state index in [1.807, 2.05) is 0 Å². The molecule has 23 heavy (non-hydrogen) atoms. The Morgan fingerprint density at radius 2 is 1.57 bits per heavy atom. The molecule has 0 aromatic heterocycles. The molecule has 1 aliphatic carbocycles. The van der Waals surface area contributed by atoms with Crippen LogP contribution in [0.3, 0.4) is 0 Å². The summed E-state index contributed by atoms with van der Waals surface area (Å²) in [6.45, 7) is 4.40. The van der Waals surface area contributed by atoms with Crippen molar-refractivity contribution in [1.82, 2.24) is 0 Å². The van der Waals surface area contributed by atoms with Crippen LogP contribution in [-0.2, 0) is 9.53 Å². The first-order valence-electron chi connectivity index (χ1n) is 10.5. The highest BCUT2D eigenvalue weighted by Gasteiger charge is 2.18. The molecule has 0 heterocycles. The summed E-state index contributed by atoms with van der Waals surface area (Å²) in [5.41, 5.74) is 0. The van der Waals surface area contributed by atoms with Crippen molar-refractivity contribution in [3.8, 4) is 0 Å². The van der Waals surface area contributed by atoms with Gasteiger partial charge in [0, 0.05) is 6.42 Å². The second kappa shape index (κ2) is 13.9. The fourth-order valence-electron chi connectivity index (χ4n) is 3.72. The number of ether oxygens (including phenoxy) is 1. The molecular formula is C21H40O2. The van der Waals surface area contributed by atoms with Gasteiger partial charge in [-0.15, -0.1) is 0 Å². The van der Waals surface area contributed by atoms with E-state index >= 15 is 0 Å². The van der Waals surface area contributed by atoms with Crippen LogP contribution in [0.5, 0.6) is 0 Å². The molecule has 0 aromatic carbocycles. The van der Waals surface area contributed by atoms with Crippen LogP contribution in [0.25, 0.3) is 0 Å². The molecular weight excluding hydrogens is 284 g/mol. The lowest BCUT2D eigenvalue weighted by Gasteiger charge is -2.17. The van der Waals surface area contributed by atoms with E-state index in [-0.39, 0.29) is 12.1 Å². The molecule has 2 nitrogen and oxygen atoms in total. The SMILES string of the molecule is CCCCCCCCCCC(CC)OC(=O)CCC1CCCC1. The second-order valence-electron chi connectivity index (χ2n) is 7.47. The van der Waals surface area contributed by atoms with Crippen LogP contribution in [0.4, 0.5) is 0 Å². The van der Waals surface area contributed by atoms with Crippen molar-refractivity contribution in [2.24, 2.45) is 5.92 Å². The van der Waals surface area contributed by atoms with Crippen LogP contribution in [0.1, 0.15) is 117 Å². The molecule has 0 amide bonds. The van der Waals surface area contributed by atoms with Crippen LogP contribution in [-0.4, -0.2) is 12.1 Å². The highest BCUT2D eigenvalue weighted by atomic mass is 16.5. The summed E-state index contributed by atoms with van der Waals surface area (Å²) in [4.78, 5) is 12.0. The maximum Gasteiger partial charge on any atom is 0.306 e. The van der Waals surface area contributed by atoms with Crippen molar-refractivity contribution in [3.63, 3.8) is 0 Å². The van der Waals surface area contributed by atoms with E-state index in [4.69, 9.17) is 4.74 Å². The lowest BCUT2D eigenvalue weighted by Crippen LogP contribution is -2.18. The van der Waals surface area contributed by atoms with Gasteiger partial charge in [0.1, 0.15) is 6.10 Å². The smallest absolute Gasteiger partial charge is 0.306 e. The molecule has 1 saturated carbocycles. The zero-order chi connectivity index (χ0) is 16.8. The Kier molecular flexibility index (Phi) is 12.4. The Morgan fingerprint density at radius 1 is 0.957 bits per heavy atom. The van der Waals surface area contributed by atoms with Crippen LogP contribution in [0, 0.1) is 5.92 Å². The van der Waals surface area contributed by atoms with Crippen molar-refractivity contribution < 1.29 is 9.53 Å². The molecule has 0 spiro atoms.